The van der Waals surface area contributed by atoms with Gasteiger partial charge in [-0.05, 0) is 52.3 Å². The summed E-state index contributed by atoms with van der Waals surface area (Å²) in [6.07, 6.45) is 0. The van der Waals surface area contributed by atoms with Crippen LogP contribution in [0.2, 0.25) is 5.02 Å². The Bertz CT molecular complexity index is 1230. The monoisotopic (exact) mass is 532 g/mol. The number of ether oxygens (including phenoxy) is 2. The summed E-state index contributed by atoms with van der Waals surface area (Å²) in [4.78, 5) is 2.99. The van der Waals surface area contributed by atoms with Crippen molar-refractivity contribution in [1.29, 1.82) is 0 Å². The van der Waals surface area contributed by atoms with Crippen LogP contribution in [-0.2, 0) is 16.6 Å². The number of methoxy groups -OCH3 is 2. The van der Waals surface area contributed by atoms with Crippen LogP contribution in [0.25, 0.3) is 0 Å². The zero-order valence-electron chi connectivity index (χ0n) is 16.3. The van der Waals surface area contributed by atoms with Crippen molar-refractivity contribution in [2.75, 3.05) is 18.5 Å². The number of rotatable bonds is 7. The number of aromatic nitrogens is 1. The van der Waals surface area contributed by atoms with E-state index in [0.717, 1.165) is 22.5 Å². The molecule has 0 fully saturated rings. The molecule has 164 valence electrons. The second-order valence-electron chi connectivity index (χ2n) is 6.20. The minimum absolute atomic E-state index is 0.00541. The predicted molar refractivity (Wildman–Crippen MR) is 116 cm³/mol. The molecule has 0 aliphatic rings. The summed E-state index contributed by atoms with van der Waals surface area (Å²) < 4.78 is 66.8. The second-order valence-corrected chi connectivity index (χ2v) is 9.30. The van der Waals surface area contributed by atoms with E-state index in [1.807, 2.05) is 0 Å². The van der Waals surface area contributed by atoms with E-state index in [2.05, 4.69) is 20.9 Å². The van der Waals surface area contributed by atoms with E-state index in [0.29, 0.717) is 17.1 Å². The van der Waals surface area contributed by atoms with Gasteiger partial charge in [0.05, 0.1) is 25.8 Å². The van der Waals surface area contributed by atoms with Crippen molar-refractivity contribution in [2.24, 2.45) is 0 Å². The molecule has 3 rings (SSSR count). The quantitative estimate of drug-likeness (QED) is 0.309. The van der Waals surface area contributed by atoms with Gasteiger partial charge in [0.2, 0.25) is 5.95 Å². The topological polar surface area (TPSA) is 68.7 Å². The summed E-state index contributed by atoms with van der Waals surface area (Å²) >= 11 is 9.06. The molecule has 2 aromatic carbocycles. The molecule has 1 aromatic heterocycles. The molecule has 0 radical (unpaired) electrons. The number of sulfonamides is 1. The summed E-state index contributed by atoms with van der Waals surface area (Å²) in [6.45, 7) is -0.320. The molecule has 0 spiro atoms. The zero-order chi connectivity index (χ0) is 22.8. The minimum Gasteiger partial charge on any atom is -0.497 e. The number of nitrogens with zero attached hydrogens (tertiary/aromatic N) is 2. The minimum atomic E-state index is -4.54. The molecule has 0 unspecified atom stereocenters. The van der Waals surface area contributed by atoms with Gasteiger partial charge in [-0.1, -0.05) is 17.7 Å². The van der Waals surface area contributed by atoms with Gasteiger partial charge in [0.15, 0.2) is 0 Å². The van der Waals surface area contributed by atoms with E-state index in [-0.39, 0.29) is 21.9 Å². The summed E-state index contributed by atoms with van der Waals surface area (Å²) in [5.74, 6) is -1.35. The molecule has 11 heteroatoms. The Morgan fingerprint density at radius 2 is 1.84 bits per heavy atom. The van der Waals surface area contributed by atoms with Gasteiger partial charge in [0.25, 0.3) is 10.0 Å². The Hall–Kier alpha value is -2.43. The van der Waals surface area contributed by atoms with Crippen LogP contribution >= 0.6 is 27.5 Å². The zero-order valence-corrected chi connectivity index (χ0v) is 19.4. The van der Waals surface area contributed by atoms with Crippen molar-refractivity contribution in [1.82, 2.24) is 4.98 Å². The maximum atomic E-state index is 14.6. The van der Waals surface area contributed by atoms with Crippen LogP contribution in [-0.4, -0.2) is 27.6 Å². The fourth-order valence-electron chi connectivity index (χ4n) is 2.78. The van der Waals surface area contributed by atoms with E-state index in [1.54, 1.807) is 18.2 Å². The third-order valence-corrected chi connectivity index (χ3v) is 7.27. The fourth-order valence-corrected chi connectivity index (χ4v) is 4.79. The average Bonchev–Trinajstić information content (AvgIpc) is 2.74. The molecule has 3 aromatic rings. The number of benzene rings is 2. The first kappa shape index (κ1) is 23.2. The highest BCUT2D eigenvalue weighted by Gasteiger charge is 2.31. The molecule has 0 aliphatic heterocycles. The van der Waals surface area contributed by atoms with Crippen LogP contribution in [0.3, 0.4) is 0 Å². The van der Waals surface area contributed by atoms with Crippen LogP contribution in [0.4, 0.5) is 14.6 Å². The summed E-state index contributed by atoms with van der Waals surface area (Å²) in [7, 11) is -1.66. The number of pyridine rings is 1. The van der Waals surface area contributed by atoms with Gasteiger partial charge in [0, 0.05) is 16.1 Å². The first-order valence-electron chi connectivity index (χ1n) is 8.68. The lowest BCUT2D eigenvalue weighted by atomic mass is 10.2. The molecule has 0 bridgehead atoms. The van der Waals surface area contributed by atoms with E-state index >= 15 is 0 Å². The third kappa shape index (κ3) is 4.91. The standard InChI is InChI=1S/C20H16BrClF2N2O4S/c1-29-13-7-6-12(17(8-13)30-2)11-26(20-5-3-4-19(24)25-20)31(27,28)18-10-15(22)14(21)9-16(18)23/h3-10H,11H2,1-2H3. The van der Waals surface area contributed by atoms with Crippen molar-refractivity contribution in [3.63, 3.8) is 0 Å². The number of hydrogen-bond acceptors (Lipinski definition) is 5. The van der Waals surface area contributed by atoms with Crippen LogP contribution in [0.5, 0.6) is 11.5 Å². The highest BCUT2D eigenvalue weighted by atomic mass is 79.9. The SMILES string of the molecule is COc1ccc(CN(c2cccc(F)n2)S(=O)(=O)c2cc(Cl)c(Br)cc2F)c(OC)c1. The number of halogens is 4. The molecular formula is C20H16BrClF2N2O4S. The molecule has 0 saturated carbocycles. The lowest BCUT2D eigenvalue weighted by molar-refractivity contribution is 0.391. The molecule has 31 heavy (non-hydrogen) atoms. The van der Waals surface area contributed by atoms with Crippen molar-refractivity contribution >= 4 is 43.4 Å². The van der Waals surface area contributed by atoms with Crippen LogP contribution in [0, 0.1) is 11.8 Å². The van der Waals surface area contributed by atoms with Gasteiger partial charge in [0.1, 0.15) is 28.0 Å². The molecule has 6 nitrogen and oxygen atoms in total. The second kappa shape index (κ2) is 9.37. The van der Waals surface area contributed by atoms with Crippen molar-refractivity contribution in [3.8, 4) is 11.5 Å². The van der Waals surface area contributed by atoms with E-state index in [1.165, 1.54) is 26.4 Å². The lowest BCUT2D eigenvalue weighted by Crippen LogP contribution is -2.32. The summed E-state index contributed by atoms with van der Waals surface area (Å²) in [5, 5.41) is -0.00541. The smallest absolute Gasteiger partial charge is 0.268 e. The van der Waals surface area contributed by atoms with E-state index < -0.39 is 26.7 Å². The van der Waals surface area contributed by atoms with Crippen molar-refractivity contribution in [2.45, 2.75) is 11.4 Å². The Morgan fingerprint density at radius 1 is 1.10 bits per heavy atom. The van der Waals surface area contributed by atoms with Gasteiger partial charge < -0.3 is 9.47 Å². The van der Waals surface area contributed by atoms with Crippen LogP contribution in [0.15, 0.2) is 57.9 Å². The van der Waals surface area contributed by atoms with Crippen molar-refractivity contribution in [3.05, 3.63) is 75.4 Å². The number of hydrogen-bond donors (Lipinski definition) is 0. The summed E-state index contributed by atoms with van der Waals surface area (Å²) in [5.41, 5.74) is 0.418. The van der Waals surface area contributed by atoms with E-state index in [9.17, 15) is 17.2 Å². The van der Waals surface area contributed by atoms with E-state index in [4.69, 9.17) is 21.1 Å². The van der Waals surface area contributed by atoms with Crippen LogP contribution in [0.1, 0.15) is 5.56 Å². The van der Waals surface area contributed by atoms with Gasteiger partial charge in [-0.3, -0.25) is 0 Å². The third-order valence-electron chi connectivity index (χ3n) is 4.31. The van der Waals surface area contributed by atoms with Gasteiger partial charge >= 0.3 is 0 Å². The maximum Gasteiger partial charge on any atom is 0.268 e. The highest BCUT2D eigenvalue weighted by molar-refractivity contribution is 9.10. The van der Waals surface area contributed by atoms with Gasteiger partial charge in [-0.2, -0.15) is 4.39 Å². The summed E-state index contributed by atoms with van der Waals surface area (Å²) in [6, 6.07) is 10.4. The fraction of sp³-hybridized carbons (Fsp3) is 0.150. The van der Waals surface area contributed by atoms with Crippen molar-refractivity contribution < 1.29 is 26.7 Å². The average molecular weight is 534 g/mol. The molecular weight excluding hydrogens is 518 g/mol. The van der Waals surface area contributed by atoms with Crippen LogP contribution < -0.4 is 13.8 Å². The largest absolute Gasteiger partial charge is 0.497 e. The molecule has 0 atom stereocenters. The Kier molecular flexibility index (Phi) is 7.03. The molecule has 0 aliphatic carbocycles. The molecule has 0 saturated heterocycles. The molecule has 0 amide bonds. The van der Waals surface area contributed by atoms with Gasteiger partial charge in [-0.25, -0.2) is 22.1 Å². The normalized spacial score (nSPS) is 11.3. The maximum absolute atomic E-state index is 14.6. The number of anilines is 1. The Morgan fingerprint density at radius 3 is 2.48 bits per heavy atom. The van der Waals surface area contributed by atoms with Gasteiger partial charge in [-0.15, -0.1) is 0 Å². The highest BCUT2D eigenvalue weighted by Crippen LogP contribution is 2.34. The molecule has 0 N–H and O–H groups in total. The lowest BCUT2D eigenvalue weighted by Gasteiger charge is -2.25. The Balaban J connectivity index is 2.18. The first-order valence-corrected chi connectivity index (χ1v) is 11.3. The molecule has 1 heterocycles. The predicted octanol–water partition coefficient (Wildman–Crippen LogP) is 5.19. The first-order chi connectivity index (χ1) is 14.7. The Labute approximate surface area is 191 Å².